The second-order valence-electron chi connectivity index (χ2n) is 3.84. The van der Waals surface area contributed by atoms with Gasteiger partial charge in [0.2, 0.25) is 5.91 Å². The number of carboxylic acid groups (broad SMARTS) is 1. The maximum absolute atomic E-state index is 11.5. The van der Waals surface area contributed by atoms with Crippen molar-refractivity contribution in [2.75, 3.05) is 6.54 Å². The summed E-state index contributed by atoms with van der Waals surface area (Å²) in [6.07, 6.45) is 2.75. The Morgan fingerprint density at radius 3 is 2.80 bits per heavy atom. The predicted molar refractivity (Wildman–Crippen MR) is 60.0 cm³/mol. The van der Waals surface area contributed by atoms with Crippen molar-refractivity contribution >= 4 is 27.8 Å². The van der Waals surface area contributed by atoms with Crippen LogP contribution in [0.2, 0.25) is 0 Å². The van der Waals surface area contributed by atoms with Crippen LogP contribution in [0.4, 0.5) is 0 Å². The van der Waals surface area contributed by atoms with E-state index >= 15 is 0 Å². The van der Waals surface area contributed by atoms with Gasteiger partial charge < -0.3 is 10.0 Å². The molecule has 2 atom stereocenters. The Balaban J connectivity index is 2.63. The largest absolute Gasteiger partial charge is 0.480 e. The Labute approximate surface area is 97.8 Å². The number of hydrogen-bond donors (Lipinski definition) is 1. The molecule has 1 rings (SSSR count). The van der Waals surface area contributed by atoms with Crippen molar-refractivity contribution < 1.29 is 14.7 Å². The van der Waals surface area contributed by atoms with E-state index in [1.807, 2.05) is 6.92 Å². The number of carboxylic acids is 1. The molecule has 0 spiro atoms. The highest BCUT2D eigenvalue weighted by Gasteiger charge is 2.36. The molecule has 0 aromatic carbocycles. The first-order valence-electron chi connectivity index (χ1n) is 5.22. The topological polar surface area (TPSA) is 57.6 Å². The molecule has 0 aliphatic carbocycles. The molecule has 1 N–H and O–H groups in total. The van der Waals surface area contributed by atoms with Crippen molar-refractivity contribution in [1.29, 1.82) is 0 Å². The van der Waals surface area contributed by atoms with Gasteiger partial charge in [0, 0.05) is 17.8 Å². The van der Waals surface area contributed by atoms with Crippen LogP contribution in [0.5, 0.6) is 0 Å². The van der Waals surface area contributed by atoms with E-state index in [0.29, 0.717) is 19.4 Å². The lowest BCUT2D eigenvalue weighted by molar-refractivity contribution is -0.148. The Hall–Kier alpha value is -0.580. The molecule has 1 amide bonds. The zero-order valence-electron chi connectivity index (χ0n) is 8.78. The number of aliphatic carboxylic acids is 1. The molecule has 0 aromatic heterocycles. The third-order valence-corrected chi connectivity index (χ3v) is 3.22. The van der Waals surface area contributed by atoms with E-state index in [-0.39, 0.29) is 10.7 Å². The summed E-state index contributed by atoms with van der Waals surface area (Å²) in [4.78, 5) is 24.2. The van der Waals surface area contributed by atoms with Crippen molar-refractivity contribution in [1.82, 2.24) is 4.90 Å². The number of amides is 1. The normalized spacial score (nSPS) is 23.2. The van der Waals surface area contributed by atoms with Crippen LogP contribution in [0.3, 0.4) is 0 Å². The molecule has 86 valence electrons. The highest BCUT2D eigenvalue weighted by Crippen LogP contribution is 2.22. The lowest BCUT2D eigenvalue weighted by atomic mass is 10.1. The molecule has 1 unspecified atom stereocenters. The molecule has 0 saturated carbocycles. The number of rotatable bonds is 5. The maximum atomic E-state index is 11.5. The zero-order chi connectivity index (χ0) is 11.4. The summed E-state index contributed by atoms with van der Waals surface area (Å²) in [6, 6.07) is -0.639. The van der Waals surface area contributed by atoms with Crippen LogP contribution in [0.15, 0.2) is 0 Å². The monoisotopic (exact) mass is 277 g/mol. The Kier molecular flexibility index (Phi) is 4.57. The molecule has 0 bridgehead atoms. The van der Waals surface area contributed by atoms with E-state index in [1.165, 1.54) is 4.90 Å². The standard InChI is InChI=1S/C10H16BrNO3/c1-2-3-4-8(10(14)15)12-6-7(11)5-9(12)13/h7-8H,2-6H2,1H3,(H,14,15)/t7?,8-/m0/s1. The third kappa shape index (κ3) is 3.19. The van der Waals surface area contributed by atoms with Crippen LogP contribution in [-0.4, -0.2) is 39.3 Å². The molecule has 0 radical (unpaired) electrons. The Bertz CT molecular complexity index is 257. The number of carbonyl (C=O) groups excluding carboxylic acids is 1. The van der Waals surface area contributed by atoms with E-state index in [4.69, 9.17) is 5.11 Å². The van der Waals surface area contributed by atoms with E-state index < -0.39 is 12.0 Å². The Morgan fingerprint density at radius 2 is 2.40 bits per heavy atom. The fraction of sp³-hybridized carbons (Fsp3) is 0.800. The minimum Gasteiger partial charge on any atom is -0.480 e. The summed E-state index contributed by atoms with van der Waals surface area (Å²) in [7, 11) is 0. The molecule has 1 heterocycles. The molecule has 1 fully saturated rings. The van der Waals surface area contributed by atoms with Gasteiger partial charge in [0.15, 0.2) is 0 Å². The summed E-state index contributed by atoms with van der Waals surface area (Å²) >= 11 is 3.35. The Morgan fingerprint density at radius 1 is 1.73 bits per heavy atom. The molecule has 1 aliphatic heterocycles. The van der Waals surface area contributed by atoms with Gasteiger partial charge in [0.1, 0.15) is 6.04 Å². The molecule has 1 saturated heterocycles. The number of halogens is 1. The number of alkyl halides is 1. The first-order valence-corrected chi connectivity index (χ1v) is 6.14. The van der Waals surface area contributed by atoms with Gasteiger partial charge in [0.05, 0.1) is 0 Å². The molecular weight excluding hydrogens is 262 g/mol. The summed E-state index contributed by atoms with van der Waals surface area (Å²) in [5.74, 6) is -0.946. The first-order chi connectivity index (χ1) is 7.06. The molecule has 1 aliphatic rings. The fourth-order valence-electron chi connectivity index (χ4n) is 1.80. The minimum absolute atomic E-state index is 0.0552. The van der Waals surface area contributed by atoms with Gasteiger partial charge in [-0.3, -0.25) is 4.79 Å². The molecule has 0 aromatic rings. The average Bonchev–Trinajstić information content (AvgIpc) is 2.46. The third-order valence-electron chi connectivity index (χ3n) is 2.60. The van der Waals surface area contributed by atoms with Crippen LogP contribution in [-0.2, 0) is 9.59 Å². The average molecular weight is 278 g/mol. The van der Waals surface area contributed by atoms with Crippen molar-refractivity contribution in [2.45, 2.75) is 43.5 Å². The van der Waals surface area contributed by atoms with E-state index in [9.17, 15) is 9.59 Å². The van der Waals surface area contributed by atoms with Crippen LogP contribution < -0.4 is 0 Å². The zero-order valence-corrected chi connectivity index (χ0v) is 10.4. The van der Waals surface area contributed by atoms with Gasteiger partial charge in [-0.2, -0.15) is 0 Å². The van der Waals surface area contributed by atoms with E-state index in [1.54, 1.807) is 0 Å². The van der Waals surface area contributed by atoms with E-state index in [0.717, 1.165) is 12.8 Å². The number of carbonyl (C=O) groups is 2. The molecule has 4 nitrogen and oxygen atoms in total. The van der Waals surface area contributed by atoms with Gasteiger partial charge in [-0.1, -0.05) is 35.7 Å². The summed E-state index contributed by atoms with van der Waals surface area (Å²) < 4.78 is 0. The first kappa shape index (κ1) is 12.5. The minimum atomic E-state index is -0.890. The van der Waals surface area contributed by atoms with Crippen molar-refractivity contribution in [3.63, 3.8) is 0 Å². The van der Waals surface area contributed by atoms with Crippen LogP contribution in [0.25, 0.3) is 0 Å². The summed E-state index contributed by atoms with van der Waals surface area (Å²) in [5.41, 5.74) is 0. The predicted octanol–water partition coefficient (Wildman–Crippen LogP) is 1.63. The van der Waals surface area contributed by atoms with Crippen LogP contribution >= 0.6 is 15.9 Å². The highest BCUT2D eigenvalue weighted by atomic mass is 79.9. The summed E-state index contributed by atoms with van der Waals surface area (Å²) in [5, 5.41) is 9.06. The smallest absolute Gasteiger partial charge is 0.326 e. The van der Waals surface area contributed by atoms with Crippen molar-refractivity contribution in [3.8, 4) is 0 Å². The SMILES string of the molecule is CCCC[C@@H](C(=O)O)N1CC(Br)CC1=O. The van der Waals surface area contributed by atoms with Gasteiger partial charge in [-0.15, -0.1) is 0 Å². The van der Waals surface area contributed by atoms with Gasteiger partial charge >= 0.3 is 5.97 Å². The number of nitrogens with zero attached hydrogens (tertiary/aromatic N) is 1. The van der Waals surface area contributed by atoms with Crippen LogP contribution in [0, 0.1) is 0 Å². The molecule has 15 heavy (non-hydrogen) atoms. The second kappa shape index (κ2) is 5.49. The number of unbranched alkanes of at least 4 members (excludes halogenated alkanes) is 1. The lowest BCUT2D eigenvalue weighted by Crippen LogP contribution is -2.42. The summed E-state index contributed by atoms with van der Waals surface area (Å²) in [6.45, 7) is 2.53. The molecule has 5 heteroatoms. The number of likely N-dealkylation sites (tertiary alicyclic amines) is 1. The quantitative estimate of drug-likeness (QED) is 0.777. The lowest BCUT2D eigenvalue weighted by Gasteiger charge is -2.24. The van der Waals surface area contributed by atoms with Gasteiger partial charge in [-0.05, 0) is 6.42 Å². The second-order valence-corrected chi connectivity index (χ2v) is 5.14. The maximum Gasteiger partial charge on any atom is 0.326 e. The van der Waals surface area contributed by atoms with Crippen molar-refractivity contribution in [2.24, 2.45) is 0 Å². The number of hydrogen-bond acceptors (Lipinski definition) is 2. The highest BCUT2D eigenvalue weighted by molar-refractivity contribution is 9.09. The van der Waals surface area contributed by atoms with Gasteiger partial charge in [-0.25, -0.2) is 4.79 Å². The molecular formula is C10H16BrNO3. The van der Waals surface area contributed by atoms with Crippen LogP contribution in [0.1, 0.15) is 32.6 Å². The van der Waals surface area contributed by atoms with Gasteiger partial charge in [0.25, 0.3) is 0 Å². The van der Waals surface area contributed by atoms with E-state index in [2.05, 4.69) is 15.9 Å². The van der Waals surface area contributed by atoms with Crippen molar-refractivity contribution in [3.05, 3.63) is 0 Å². The fourth-order valence-corrected chi connectivity index (χ4v) is 2.39.